The van der Waals surface area contributed by atoms with Crippen molar-refractivity contribution in [3.05, 3.63) is 58.6 Å². The summed E-state index contributed by atoms with van der Waals surface area (Å²) in [6.07, 6.45) is 0.136. The molecule has 108 valence electrons. The van der Waals surface area contributed by atoms with E-state index >= 15 is 0 Å². The number of carboxylic acid groups (broad SMARTS) is 1. The van der Waals surface area contributed by atoms with Gasteiger partial charge in [-0.15, -0.1) is 0 Å². The van der Waals surface area contributed by atoms with Crippen molar-refractivity contribution in [2.75, 3.05) is 0 Å². The van der Waals surface area contributed by atoms with Gasteiger partial charge in [0.1, 0.15) is 0 Å². The Labute approximate surface area is 130 Å². The summed E-state index contributed by atoms with van der Waals surface area (Å²) in [4.78, 5) is 10.6. The van der Waals surface area contributed by atoms with Crippen molar-refractivity contribution in [2.24, 2.45) is 5.16 Å². The second kappa shape index (κ2) is 7.04. The van der Waals surface area contributed by atoms with Gasteiger partial charge in [0.15, 0.2) is 0 Å². The van der Waals surface area contributed by atoms with Crippen molar-refractivity contribution in [2.45, 2.75) is 12.8 Å². The van der Waals surface area contributed by atoms with Crippen molar-refractivity contribution >= 4 is 27.6 Å². The summed E-state index contributed by atoms with van der Waals surface area (Å²) < 4.78 is 1.02. The molecule has 0 aliphatic rings. The number of aliphatic carboxylic acids is 1. The van der Waals surface area contributed by atoms with E-state index in [-0.39, 0.29) is 12.8 Å². The fraction of sp³-hybridized carbons (Fsp3) is 0.125. The maximum atomic E-state index is 10.6. The van der Waals surface area contributed by atoms with Crippen LogP contribution in [-0.2, 0) is 4.79 Å². The highest BCUT2D eigenvalue weighted by Gasteiger charge is 2.08. The van der Waals surface area contributed by atoms with E-state index in [2.05, 4.69) is 21.1 Å². The monoisotopic (exact) mass is 347 g/mol. The Balaban J connectivity index is 2.18. The number of nitrogens with zero attached hydrogens (tertiary/aromatic N) is 1. The van der Waals surface area contributed by atoms with Crippen molar-refractivity contribution in [3.63, 3.8) is 0 Å². The summed E-state index contributed by atoms with van der Waals surface area (Å²) in [5.41, 5.74) is 3.22. The Morgan fingerprint density at radius 3 is 1.95 bits per heavy atom. The van der Waals surface area contributed by atoms with Gasteiger partial charge in [-0.05, 0) is 28.8 Å². The van der Waals surface area contributed by atoms with E-state index < -0.39 is 5.97 Å². The average molecular weight is 348 g/mol. The van der Waals surface area contributed by atoms with E-state index in [1.54, 1.807) is 0 Å². The summed E-state index contributed by atoms with van der Waals surface area (Å²) in [5, 5.41) is 20.9. The van der Waals surface area contributed by atoms with E-state index in [9.17, 15) is 4.79 Å². The molecule has 2 aromatic rings. The normalized spacial score (nSPS) is 11.4. The predicted octanol–water partition coefficient (Wildman–Crippen LogP) is 4.16. The Bertz CT molecular complexity index is 648. The molecule has 0 aliphatic heterocycles. The van der Waals surface area contributed by atoms with Gasteiger partial charge in [0, 0.05) is 10.9 Å². The van der Waals surface area contributed by atoms with E-state index in [0.29, 0.717) is 5.71 Å². The first kappa shape index (κ1) is 15.3. The molecule has 0 fully saturated rings. The van der Waals surface area contributed by atoms with Gasteiger partial charge in [-0.25, -0.2) is 0 Å². The first-order chi connectivity index (χ1) is 10.1. The number of hydrogen-bond acceptors (Lipinski definition) is 3. The molecule has 0 spiro atoms. The number of benzene rings is 2. The van der Waals surface area contributed by atoms with Crippen LogP contribution in [0.1, 0.15) is 18.4 Å². The highest BCUT2D eigenvalue weighted by molar-refractivity contribution is 9.10. The lowest BCUT2D eigenvalue weighted by Crippen LogP contribution is -2.05. The largest absolute Gasteiger partial charge is 0.481 e. The zero-order valence-electron chi connectivity index (χ0n) is 11.2. The molecule has 0 unspecified atom stereocenters. The molecule has 2 aromatic carbocycles. The summed E-state index contributed by atoms with van der Waals surface area (Å²) >= 11 is 3.40. The van der Waals surface area contributed by atoms with Crippen LogP contribution in [0.15, 0.2) is 58.2 Å². The predicted molar refractivity (Wildman–Crippen MR) is 84.8 cm³/mol. The quantitative estimate of drug-likeness (QED) is 0.484. The van der Waals surface area contributed by atoms with Gasteiger partial charge >= 0.3 is 5.97 Å². The minimum Gasteiger partial charge on any atom is -0.481 e. The summed E-state index contributed by atoms with van der Waals surface area (Å²) in [7, 11) is 0. The SMILES string of the molecule is O=C(O)CCC(=NO)c1ccc(-c2ccc(Br)cc2)cc1. The van der Waals surface area contributed by atoms with Gasteiger partial charge in [-0.3, -0.25) is 4.79 Å². The van der Waals surface area contributed by atoms with Crippen molar-refractivity contribution in [3.8, 4) is 11.1 Å². The summed E-state index contributed by atoms with van der Waals surface area (Å²) in [6, 6.07) is 15.4. The molecule has 0 radical (unpaired) electrons. The van der Waals surface area contributed by atoms with Gasteiger partial charge in [0.05, 0.1) is 12.1 Å². The third kappa shape index (κ3) is 4.16. The van der Waals surface area contributed by atoms with Gasteiger partial charge in [0.2, 0.25) is 0 Å². The van der Waals surface area contributed by atoms with E-state index in [4.69, 9.17) is 10.3 Å². The number of rotatable bonds is 5. The molecule has 5 heteroatoms. The van der Waals surface area contributed by atoms with Gasteiger partial charge in [-0.2, -0.15) is 0 Å². The van der Waals surface area contributed by atoms with E-state index in [1.165, 1.54) is 0 Å². The van der Waals surface area contributed by atoms with Crippen molar-refractivity contribution in [1.29, 1.82) is 0 Å². The molecule has 2 N–H and O–H groups in total. The molecule has 4 nitrogen and oxygen atoms in total. The maximum absolute atomic E-state index is 10.6. The number of halogens is 1. The second-order valence-corrected chi connectivity index (χ2v) is 5.44. The molecule has 0 saturated heterocycles. The molecule has 0 amide bonds. The lowest BCUT2D eigenvalue weighted by molar-refractivity contribution is -0.136. The lowest BCUT2D eigenvalue weighted by atomic mass is 10.0. The number of oxime groups is 1. The zero-order chi connectivity index (χ0) is 15.2. The average Bonchev–Trinajstić information content (AvgIpc) is 2.49. The zero-order valence-corrected chi connectivity index (χ0v) is 12.7. The standard InChI is InChI=1S/C16H14BrNO3/c17-14-7-5-12(6-8-14)11-1-3-13(4-2-11)15(18-21)9-10-16(19)20/h1-8,21H,9-10H2,(H,19,20). The molecule has 0 bridgehead atoms. The van der Waals surface area contributed by atoms with Crippen LogP contribution in [0.25, 0.3) is 11.1 Å². The first-order valence-corrected chi connectivity index (χ1v) is 7.18. The fourth-order valence-corrected chi connectivity index (χ4v) is 2.24. The van der Waals surface area contributed by atoms with Gasteiger partial charge < -0.3 is 10.3 Å². The Hall–Kier alpha value is -2.14. The van der Waals surface area contributed by atoms with Crippen molar-refractivity contribution < 1.29 is 15.1 Å². The summed E-state index contributed by atoms with van der Waals surface area (Å²) in [5.74, 6) is -0.914. The summed E-state index contributed by atoms with van der Waals surface area (Å²) in [6.45, 7) is 0. The first-order valence-electron chi connectivity index (χ1n) is 6.39. The minimum absolute atomic E-state index is 0.0616. The lowest BCUT2D eigenvalue weighted by Gasteiger charge is -2.06. The smallest absolute Gasteiger partial charge is 0.303 e. The Morgan fingerprint density at radius 2 is 1.48 bits per heavy atom. The molecular weight excluding hydrogens is 334 g/mol. The second-order valence-electron chi connectivity index (χ2n) is 4.52. The minimum atomic E-state index is -0.914. The van der Waals surface area contributed by atoms with Crippen LogP contribution in [0.5, 0.6) is 0 Å². The molecule has 0 aromatic heterocycles. The third-order valence-electron chi connectivity index (χ3n) is 3.09. The van der Waals surface area contributed by atoms with Crippen LogP contribution in [0.3, 0.4) is 0 Å². The number of carbonyl (C=O) groups is 1. The molecule has 0 heterocycles. The maximum Gasteiger partial charge on any atom is 0.303 e. The molecular formula is C16H14BrNO3. The third-order valence-corrected chi connectivity index (χ3v) is 3.62. The van der Waals surface area contributed by atoms with Crippen LogP contribution < -0.4 is 0 Å². The van der Waals surface area contributed by atoms with Crippen LogP contribution in [-0.4, -0.2) is 22.0 Å². The van der Waals surface area contributed by atoms with E-state index in [1.807, 2.05) is 48.5 Å². The Kier molecular flexibility index (Phi) is 5.11. The van der Waals surface area contributed by atoms with Crippen LogP contribution in [0.2, 0.25) is 0 Å². The Morgan fingerprint density at radius 1 is 0.952 bits per heavy atom. The topological polar surface area (TPSA) is 69.9 Å². The highest BCUT2D eigenvalue weighted by atomic mass is 79.9. The molecule has 21 heavy (non-hydrogen) atoms. The van der Waals surface area contributed by atoms with Crippen LogP contribution in [0, 0.1) is 0 Å². The van der Waals surface area contributed by atoms with Gasteiger partial charge in [0.25, 0.3) is 0 Å². The highest BCUT2D eigenvalue weighted by Crippen LogP contribution is 2.22. The van der Waals surface area contributed by atoms with E-state index in [0.717, 1.165) is 21.2 Å². The van der Waals surface area contributed by atoms with Crippen LogP contribution >= 0.6 is 15.9 Å². The molecule has 2 rings (SSSR count). The van der Waals surface area contributed by atoms with Crippen LogP contribution in [0.4, 0.5) is 0 Å². The molecule has 0 saturated carbocycles. The number of hydrogen-bond donors (Lipinski definition) is 2. The molecule has 0 atom stereocenters. The number of carboxylic acids is 1. The van der Waals surface area contributed by atoms with Gasteiger partial charge in [-0.1, -0.05) is 57.5 Å². The molecule has 0 aliphatic carbocycles. The fourth-order valence-electron chi connectivity index (χ4n) is 1.97. The van der Waals surface area contributed by atoms with Crippen molar-refractivity contribution in [1.82, 2.24) is 0 Å².